The van der Waals surface area contributed by atoms with Crippen molar-refractivity contribution in [3.8, 4) is 0 Å². The number of hydrogen-bond donors (Lipinski definition) is 1. The Morgan fingerprint density at radius 2 is 2.05 bits per heavy atom. The summed E-state index contributed by atoms with van der Waals surface area (Å²) in [5.41, 5.74) is 6.96. The van der Waals surface area contributed by atoms with E-state index < -0.39 is 0 Å². The number of benzene rings is 1. The maximum atomic E-state index is 13.2. The molecule has 2 aromatic rings. The van der Waals surface area contributed by atoms with Gasteiger partial charge in [-0.05, 0) is 42.5 Å². The quantitative estimate of drug-likeness (QED) is 0.921. The third-order valence-corrected chi connectivity index (χ3v) is 4.63. The smallest absolute Gasteiger partial charge is 0.227 e. The Balaban J connectivity index is 1.68. The molecule has 0 spiro atoms. The largest absolute Gasteiger partial charge is 0.339 e. The van der Waals surface area contributed by atoms with Gasteiger partial charge in [0, 0.05) is 12.8 Å². The van der Waals surface area contributed by atoms with Crippen LogP contribution >= 0.6 is 0 Å². The van der Waals surface area contributed by atoms with Gasteiger partial charge in [0.15, 0.2) is 5.82 Å². The summed E-state index contributed by atoms with van der Waals surface area (Å²) in [6.45, 7) is 0.661. The van der Waals surface area contributed by atoms with Crippen molar-refractivity contribution in [1.82, 2.24) is 10.1 Å². The summed E-state index contributed by atoms with van der Waals surface area (Å²) in [6.07, 6.45) is 7.23. The van der Waals surface area contributed by atoms with Crippen LogP contribution in [0.2, 0.25) is 0 Å². The highest BCUT2D eigenvalue weighted by Crippen LogP contribution is 2.38. The number of halogens is 1. The predicted molar refractivity (Wildman–Crippen MR) is 81.8 cm³/mol. The van der Waals surface area contributed by atoms with E-state index in [1.165, 1.54) is 31.4 Å². The van der Waals surface area contributed by atoms with Gasteiger partial charge in [0.1, 0.15) is 5.82 Å². The van der Waals surface area contributed by atoms with E-state index in [2.05, 4.69) is 10.1 Å². The first kappa shape index (κ1) is 15.2. The zero-order valence-electron chi connectivity index (χ0n) is 12.7. The summed E-state index contributed by atoms with van der Waals surface area (Å²) in [5.74, 6) is 1.01. The second-order valence-electron chi connectivity index (χ2n) is 6.35. The van der Waals surface area contributed by atoms with Crippen molar-refractivity contribution in [3.05, 3.63) is 47.4 Å². The van der Waals surface area contributed by atoms with E-state index in [1.807, 2.05) is 6.07 Å². The van der Waals surface area contributed by atoms with Crippen LogP contribution in [-0.4, -0.2) is 16.7 Å². The van der Waals surface area contributed by atoms with Gasteiger partial charge in [-0.25, -0.2) is 4.39 Å². The highest BCUT2D eigenvalue weighted by atomic mass is 19.1. The minimum Gasteiger partial charge on any atom is -0.339 e. The van der Waals surface area contributed by atoms with Gasteiger partial charge >= 0.3 is 0 Å². The van der Waals surface area contributed by atoms with Crippen molar-refractivity contribution in [2.24, 2.45) is 11.1 Å². The van der Waals surface area contributed by atoms with Crippen LogP contribution in [0, 0.1) is 11.2 Å². The molecule has 1 aromatic heterocycles. The molecule has 0 amide bonds. The van der Waals surface area contributed by atoms with Crippen LogP contribution in [0.3, 0.4) is 0 Å². The molecule has 0 aliphatic heterocycles. The van der Waals surface area contributed by atoms with Crippen molar-refractivity contribution >= 4 is 0 Å². The third-order valence-electron chi connectivity index (χ3n) is 4.63. The Kier molecular flexibility index (Phi) is 4.52. The Hall–Kier alpha value is -1.75. The van der Waals surface area contributed by atoms with Crippen molar-refractivity contribution < 1.29 is 8.91 Å². The van der Waals surface area contributed by atoms with Crippen LogP contribution in [0.15, 0.2) is 28.8 Å². The number of aromatic nitrogens is 2. The number of nitrogens with zero attached hydrogens (tertiary/aromatic N) is 2. The number of rotatable bonds is 5. The zero-order chi connectivity index (χ0) is 15.4. The second kappa shape index (κ2) is 6.57. The lowest BCUT2D eigenvalue weighted by molar-refractivity contribution is 0.177. The number of nitrogens with two attached hydrogens (primary N) is 1. The molecule has 1 heterocycles. The van der Waals surface area contributed by atoms with E-state index in [-0.39, 0.29) is 11.2 Å². The molecule has 1 aliphatic carbocycles. The van der Waals surface area contributed by atoms with Crippen molar-refractivity contribution in [2.75, 3.05) is 6.54 Å². The Labute approximate surface area is 129 Å². The highest BCUT2D eigenvalue weighted by Gasteiger charge is 2.32. The van der Waals surface area contributed by atoms with Crippen LogP contribution in [0.4, 0.5) is 4.39 Å². The first-order valence-corrected chi connectivity index (χ1v) is 7.95. The summed E-state index contributed by atoms with van der Waals surface area (Å²) < 4.78 is 18.6. The summed E-state index contributed by atoms with van der Waals surface area (Å²) in [5, 5.41) is 4.02. The molecular weight excluding hydrogens is 281 g/mol. The van der Waals surface area contributed by atoms with Gasteiger partial charge < -0.3 is 10.3 Å². The molecule has 0 bridgehead atoms. The Morgan fingerprint density at radius 3 is 2.77 bits per heavy atom. The van der Waals surface area contributed by atoms with Gasteiger partial charge in [-0.15, -0.1) is 0 Å². The molecule has 3 rings (SSSR count). The van der Waals surface area contributed by atoms with Gasteiger partial charge in [-0.1, -0.05) is 36.6 Å². The lowest BCUT2D eigenvalue weighted by Gasteiger charge is -2.34. The van der Waals surface area contributed by atoms with Gasteiger partial charge in [-0.3, -0.25) is 0 Å². The van der Waals surface area contributed by atoms with Crippen LogP contribution in [-0.2, 0) is 12.8 Å². The molecule has 2 N–H and O–H groups in total. The maximum Gasteiger partial charge on any atom is 0.227 e. The minimum atomic E-state index is -0.245. The molecule has 0 saturated heterocycles. The third kappa shape index (κ3) is 3.53. The fourth-order valence-corrected chi connectivity index (χ4v) is 3.34. The van der Waals surface area contributed by atoms with E-state index in [0.717, 1.165) is 24.8 Å². The summed E-state index contributed by atoms with van der Waals surface area (Å²) in [7, 11) is 0. The topological polar surface area (TPSA) is 64.9 Å². The lowest BCUT2D eigenvalue weighted by Crippen LogP contribution is -2.35. The average Bonchev–Trinajstić information content (AvgIpc) is 2.95. The molecule has 1 aromatic carbocycles. The maximum absolute atomic E-state index is 13.2. The van der Waals surface area contributed by atoms with Crippen molar-refractivity contribution in [1.29, 1.82) is 0 Å². The minimum absolute atomic E-state index is 0.112. The normalized spacial score (nSPS) is 17.5. The van der Waals surface area contributed by atoms with Crippen LogP contribution in [0.1, 0.15) is 49.4 Å². The molecule has 1 fully saturated rings. The standard InChI is InChI=1S/C17H22FN3O/c18-14-6-4-5-13(9-14)10-15-20-16(22-21-15)11-17(12-19)7-2-1-3-8-17/h4-6,9H,1-3,7-8,10-12,19H2. The molecule has 5 heteroatoms. The molecule has 0 atom stereocenters. The van der Waals surface area contributed by atoms with Crippen LogP contribution < -0.4 is 5.73 Å². The van der Waals surface area contributed by atoms with Gasteiger partial charge in [-0.2, -0.15) is 4.98 Å². The van der Waals surface area contributed by atoms with E-state index in [1.54, 1.807) is 6.07 Å². The van der Waals surface area contributed by atoms with Crippen LogP contribution in [0.5, 0.6) is 0 Å². The zero-order valence-corrected chi connectivity index (χ0v) is 12.7. The monoisotopic (exact) mass is 303 g/mol. The summed E-state index contributed by atoms with van der Waals surface area (Å²) >= 11 is 0. The molecule has 1 aliphatic rings. The van der Waals surface area contributed by atoms with Crippen molar-refractivity contribution in [3.63, 3.8) is 0 Å². The van der Waals surface area contributed by atoms with Gasteiger partial charge in [0.2, 0.25) is 5.89 Å². The molecule has 0 radical (unpaired) electrons. The van der Waals surface area contributed by atoms with Gasteiger partial charge in [0.25, 0.3) is 0 Å². The highest BCUT2D eigenvalue weighted by molar-refractivity contribution is 5.19. The SMILES string of the molecule is NCC1(Cc2nc(Cc3cccc(F)c3)no2)CCCCC1. The molecule has 22 heavy (non-hydrogen) atoms. The lowest BCUT2D eigenvalue weighted by atomic mass is 9.72. The first-order valence-electron chi connectivity index (χ1n) is 7.95. The molecular formula is C17H22FN3O. The fraction of sp³-hybridized carbons (Fsp3) is 0.529. The predicted octanol–water partition coefficient (Wildman–Crippen LogP) is 3.25. The van der Waals surface area contributed by atoms with Crippen LogP contribution in [0.25, 0.3) is 0 Å². The van der Waals surface area contributed by atoms with E-state index in [9.17, 15) is 4.39 Å². The molecule has 1 saturated carbocycles. The number of hydrogen-bond acceptors (Lipinski definition) is 4. The van der Waals surface area contributed by atoms with Gasteiger partial charge in [0.05, 0.1) is 0 Å². The van der Waals surface area contributed by atoms with Crippen molar-refractivity contribution in [2.45, 2.75) is 44.9 Å². The second-order valence-corrected chi connectivity index (χ2v) is 6.35. The fourth-order valence-electron chi connectivity index (χ4n) is 3.34. The summed E-state index contributed by atoms with van der Waals surface area (Å²) in [4.78, 5) is 4.47. The Morgan fingerprint density at radius 1 is 1.23 bits per heavy atom. The molecule has 0 unspecified atom stereocenters. The average molecular weight is 303 g/mol. The van der Waals surface area contributed by atoms with E-state index in [0.29, 0.717) is 24.7 Å². The summed E-state index contributed by atoms with van der Waals surface area (Å²) in [6, 6.07) is 6.48. The van der Waals surface area contributed by atoms with E-state index in [4.69, 9.17) is 10.3 Å². The molecule has 118 valence electrons. The van der Waals surface area contributed by atoms with E-state index >= 15 is 0 Å². The first-order chi connectivity index (χ1) is 10.7. The molecule has 4 nitrogen and oxygen atoms in total. The Bertz CT molecular complexity index is 620.